The highest BCUT2D eigenvalue weighted by Gasteiger charge is 1.89. The monoisotopic (exact) mass is 140 g/mol. The van der Waals surface area contributed by atoms with Crippen molar-refractivity contribution in [3.63, 3.8) is 0 Å². The first-order chi connectivity index (χ1) is 4.81. The highest BCUT2D eigenvalue weighted by molar-refractivity contribution is 5.88. The van der Waals surface area contributed by atoms with Crippen LogP contribution in [-0.4, -0.2) is 12.3 Å². The molecular weight excluding hydrogens is 122 g/mol. The van der Waals surface area contributed by atoms with Crippen LogP contribution in [0.15, 0.2) is 4.99 Å². The SMILES string of the molecule is [CH2]/C(CCCCC)=N/CC. The summed E-state index contributed by atoms with van der Waals surface area (Å²) in [5, 5.41) is 0. The Labute approximate surface area is 64.6 Å². The fourth-order valence-electron chi connectivity index (χ4n) is 0.882. The van der Waals surface area contributed by atoms with Gasteiger partial charge < -0.3 is 0 Å². The summed E-state index contributed by atoms with van der Waals surface area (Å²) >= 11 is 0. The number of unbranched alkanes of at least 4 members (excludes halogenated alkanes) is 2. The van der Waals surface area contributed by atoms with E-state index < -0.39 is 0 Å². The average Bonchev–Trinajstić information content (AvgIpc) is 1.89. The molecule has 0 atom stereocenters. The quantitative estimate of drug-likeness (QED) is 0.411. The molecule has 0 unspecified atom stereocenters. The minimum atomic E-state index is 0.880. The van der Waals surface area contributed by atoms with E-state index in [2.05, 4.69) is 18.8 Å². The van der Waals surface area contributed by atoms with Gasteiger partial charge in [-0.05, 0) is 26.7 Å². The van der Waals surface area contributed by atoms with Gasteiger partial charge in [0.15, 0.2) is 0 Å². The van der Waals surface area contributed by atoms with Gasteiger partial charge in [0.1, 0.15) is 0 Å². The van der Waals surface area contributed by atoms with Gasteiger partial charge in [0.25, 0.3) is 0 Å². The molecule has 10 heavy (non-hydrogen) atoms. The standard InChI is InChI=1S/C9H18N/c1-4-6-7-8-9(3)10-5-2/h3-8H2,1-2H3/b10-9-. The molecule has 0 aliphatic carbocycles. The molecule has 0 spiro atoms. The maximum Gasteiger partial charge on any atom is 0.0360 e. The number of nitrogens with zero attached hydrogens (tertiary/aromatic N) is 1. The average molecular weight is 140 g/mol. The van der Waals surface area contributed by atoms with Crippen LogP contribution < -0.4 is 0 Å². The first-order valence-electron chi connectivity index (χ1n) is 4.16. The van der Waals surface area contributed by atoms with E-state index in [1.807, 2.05) is 6.92 Å². The van der Waals surface area contributed by atoms with Crippen LogP contribution in [0.25, 0.3) is 0 Å². The second-order valence-electron chi connectivity index (χ2n) is 2.50. The molecule has 0 aliphatic rings. The van der Waals surface area contributed by atoms with E-state index in [0.29, 0.717) is 0 Å². The Hall–Kier alpha value is -0.330. The summed E-state index contributed by atoms with van der Waals surface area (Å²) in [7, 11) is 0. The molecule has 0 amide bonds. The normalized spacial score (nSPS) is 12.1. The van der Waals surface area contributed by atoms with Gasteiger partial charge in [0.2, 0.25) is 0 Å². The van der Waals surface area contributed by atoms with Crippen molar-refractivity contribution in [2.24, 2.45) is 4.99 Å². The van der Waals surface area contributed by atoms with Crippen molar-refractivity contribution >= 4 is 5.71 Å². The summed E-state index contributed by atoms with van der Waals surface area (Å²) in [5.41, 5.74) is 1.07. The fourth-order valence-corrected chi connectivity index (χ4v) is 0.882. The summed E-state index contributed by atoms with van der Waals surface area (Å²) in [6, 6.07) is 0. The van der Waals surface area contributed by atoms with Gasteiger partial charge in [-0.1, -0.05) is 19.8 Å². The van der Waals surface area contributed by atoms with Crippen molar-refractivity contribution in [3.05, 3.63) is 6.92 Å². The summed E-state index contributed by atoms with van der Waals surface area (Å²) < 4.78 is 0. The Morgan fingerprint density at radius 2 is 2.00 bits per heavy atom. The Morgan fingerprint density at radius 1 is 1.30 bits per heavy atom. The number of aliphatic imine (C=N–C) groups is 1. The van der Waals surface area contributed by atoms with E-state index in [1.165, 1.54) is 19.3 Å². The molecule has 0 aromatic carbocycles. The lowest BCUT2D eigenvalue weighted by atomic mass is 10.1. The van der Waals surface area contributed by atoms with Gasteiger partial charge in [-0.3, -0.25) is 4.99 Å². The topological polar surface area (TPSA) is 12.4 Å². The first kappa shape index (κ1) is 9.67. The summed E-state index contributed by atoms with van der Waals surface area (Å²) in [6.07, 6.45) is 4.91. The van der Waals surface area contributed by atoms with Crippen molar-refractivity contribution in [2.75, 3.05) is 6.54 Å². The maximum absolute atomic E-state index is 4.20. The third-order valence-corrected chi connectivity index (χ3v) is 1.45. The second kappa shape index (κ2) is 6.79. The van der Waals surface area contributed by atoms with Crippen LogP contribution in [-0.2, 0) is 0 Å². The molecule has 1 nitrogen and oxygen atoms in total. The molecule has 0 fully saturated rings. The van der Waals surface area contributed by atoms with Crippen LogP contribution in [0.3, 0.4) is 0 Å². The smallest absolute Gasteiger partial charge is 0.0360 e. The molecule has 1 radical (unpaired) electrons. The minimum absolute atomic E-state index is 0.880. The summed E-state index contributed by atoms with van der Waals surface area (Å²) in [4.78, 5) is 4.20. The van der Waals surface area contributed by atoms with E-state index in [4.69, 9.17) is 0 Å². The van der Waals surface area contributed by atoms with E-state index in [0.717, 1.165) is 18.7 Å². The lowest BCUT2D eigenvalue weighted by Gasteiger charge is -1.97. The lowest BCUT2D eigenvalue weighted by Crippen LogP contribution is -1.92. The molecule has 0 aromatic heterocycles. The van der Waals surface area contributed by atoms with E-state index in [-0.39, 0.29) is 0 Å². The molecule has 0 rings (SSSR count). The third kappa shape index (κ3) is 5.80. The van der Waals surface area contributed by atoms with Crippen LogP contribution in [0.4, 0.5) is 0 Å². The molecule has 0 aromatic rings. The van der Waals surface area contributed by atoms with Gasteiger partial charge in [0, 0.05) is 12.3 Å². The zero-order valence-corrected chi connectivity index (χ0v) is 7.19. The van der Waals surface area contributed by atoms with Gasteiger partial charge in [-0.2, -0.15) is 0 Å². The largest absolute Gasteiger partial charge is 0.294 e. The number of hydrogen-bond donors (Lipinski definition) is 0. The summed E-state index contributed by atoms with van der Waals surface area (Å²) in [6.45, 7) is 8.98. The Bertz CT molecular complexity index is 94.9. The highest BCUT2D eigenvalue weighted by Crippen LogP contribution is 1.99. The highest BCUT2D eigenvalue weighted by atomic mass is 14.7. The van der Waals surface area contributed by atoms with Gasteiger partial charge in [0.05, 0.1) is 0 Å². The molecule has 59 valence electrons. The molecule has 0 heterocycles. The molecule has 1 heteroatoms. The van der Waals surface area contributed by atoms with E-state index in [9.17, 15) is 0 Å². The van der Waals surface area contributed by atoms with Crippen LogP contribution in [0.2, 0.25) is 0 Å². The van der Waals surface area contributed by atoms with Crippen LogP contribution in [0, 0.1) is 6.92 Å². The second-order valence-corrected chi connectivity index (χ2v) is 2.50. The molecule has 0 N–H and O–H groups in total. The van der Waals surface area contributed by atoms with E-state index in [1.54, 1.807) is 0 Å². The molecular formula is C9H18N. The number of hydrogen-bond acceptors (Lipinski definition) is 1. The van der Waals surface area contributed by atoms with Crippen molar-refractivity contribution in [1.29, 1.82) is 0 Å². The first-order valence-corrected chi connectivity index (χ1v) is 4.16. The van der Waals surface area contributed by atoms with Gasteiger partial charge >= 0.3 is 0 Å². The van der Waals surface area contributed by atoms with Crippen molar-refractivity contribution in [1.82, 2.24) is 0 Å². The molecule has 0 aliphatic heterocycles. The Kier molecular flexibility index (Phi) is 6.56. The lowest BCUT2D eigenvalue weighted by molar-refractivity contribution is 0.741. The number of rotatable bonds is 5. The predicted octanol–water partition coefficient (Wildman–Crippen LogP) is 2.86. The zero-order chi connectivity index (χ0) is 7.82. The Morgan fingerprint density at radius 3 is 2.50 bits per heavy atom. The van der Waals surface area contributed by atoms with Crippen LogP contribution >= 0.6 is 0 Å². The fraction of sp³-hybridized carbons (Fsp3) is 0.778. The molecule has 0 bridgehead atoms. The molecule has 0 saturated carbocycles. The van der Waals surface area contributed by atoms with Gasteiger partial charge in [-0.25, -0.2) is 0 Å². The maximum atomic E-state index is 4.20. The van der Waals surface area contributed by atoms with E-state index >= 15 is 0 Å². The van der Waals surface area contributed by atoms with Crippen molar-refractivity contribution in [3.8, 4) is 0 Å². The Balaban J connectivity index is 3.21. The minimum Gasteiger partial charge on any atom is -0.294 e. The summed E-state index contributed by atoms with van der Waals surface area (Å²) in [5.74, 6) is 0. The third-order valence-electron chi connectivity index (χ3n) is 1.45. The van der Waals surface area contributed by atoms with Gasteiger partial charge in [-0.15, -0.1) is 0 Å². The predicted molar refractivity (Wildman–Crippen MR) is 47.5 cm³/mol. The van der Waals surface area contributed by atoms with Crippen molar-refractivity contribution in [2.45, 2.75) is 39.5 Å². The molecule has 0 saturated heterocycles. The van der Waals surface area contributed by atoms with Crippen LogP contribution in [0.1, 0.15) is 39.5 Å². The van der Waals surface area contributed by atoms with Crippen LogP contribution in [0.5, 0.6) is 0 Å². The van der Waals surface area contributed by atoms with Crippen molar-refractivity contribution < 1.29 is 0 Å². The zero-order valence-electron chi connectivity index (χ0n) is 7.19.